The zero-order valence-corrected chi connectivity index (χ0v) is 20.1. The van der Waals surface area contributed by atoms with Gasteiger partial charge in [-0.25, -0.2) is 19.7 Å². The SMILES string of the molecule is Cc1nc2ccc(-c3cnc(N4CCO[C@@H](C(=O)O)C4)nc3)cn2c1Cc1ccccc1OC(F)F.N. The maximum atomic E-state index is 12.9. The van der Waals surface area contributed by atoms with Crippen molar-refractivity contribution < 1.29 is 28.2 Å². The number of halogens is 2. The third-order valence-electron chi connectivity index (χ3n) is 6.06. The van der Waals surface area contributed by atoms with Crippen LogP contribution in [0.3, 0.4) is 0 Å². The fourth-order valence-corrected chi connectivity index (χ4v) is 4.25. The molecule has 0 amide bonds. The zero-order valence-electron chi connectivity index (χ0n) is 20.1. The summed E-state index contributed by atoms with van der Waals surface area (Å²) in [5.74, 6) is -0.445. The number of hydrogen-bond acceptors (Lipinski definition) is 8. The molecule has 1 aromatic carbocycles. The van der Waals surface area contributed by atoms with E-state index in [1.807, 2.05) is 29.7 Å². The molecule has 1 aliphatic heterocycles. The number of carboxylic acid groups (broad SMARTS) is 1. The summed E-state index contributed by atoms with van der Waals surface area (Å²) in [7, 11) is 0. The van der Waals surface area contributed by atoms with Gasteiger partial charge in [0.1, 0.15) is 11.4 Å². The molecule has 4 N–H and O–H groups in total. The molecule has 10 nitrogen and oxygen atoms in total. The minimum Gasteiger partial charge on any atom is -0.479 e. The molecule has 37 heavy (non-hydrogen) atoms. The van der Waals surface area contributed by atoms with E-state index in [-0.39, 0.29) is 25.1 Å². The second-order valence-corrected chi connectivity index (χ2v) is 8.37. The molecular formula is C25H26F2N6O4. The predicted octanol–water partition coefficient (Wildman–Crippen LogP) is 3.74. The van der Waals surface area contributed by atoms with Crippen LogP contribution in [-0.2, 0) is 16.0 Å². The van der Waals surface area contributed by atoms with Gasteiger partial charge in [-0.3, -0.25) is 0 Å². The molecule has 1 fully saturated rings. The Kier molecular flexibility index (Phi) is 7.60. The largest absolute Gasteiger partial charge is 0.479 e. The maximum Gasteiger partial charge on any atom is 0.387 e. The number of anilines is 1. The number of benzene rings is 1. The summed E-state index contributed by atoms with van der Waals surface area (Å²) in [5, 5.41) is 9.21. The smallest absolute Gasteiger partial charge is 0.387 e. The van der Waals surface area contributed by atoms with Crippen molar-refractivity contribution in [2.75, 3.05) is 24.6 Å². The van der Waals surface area contributed by atoms with Gasteiger partial charge in [-0.1, -0.05) is 18.2 Å². The van der Waals surface area contributed by atoms with Crippen LogP contribution in [0.1, 0.15) is 17.0 Å². The summed E-state index contributed by atoms with van der Waals surface area (Å²) in [6.45, 7) is -0.0640. The molecule has 1 atom stereocenters. The Bertz CT molecular complexity index is 1400. The molecule has 0 saturated carbocycles. The second kappa shape index (κ2) is 10.8. The van der Waals surface area contributed by atoms with Gasteiger partial charge in [-0.15, -0.1) is 0 Å². The van der Waals surface area contributed by atoms with Gasteiger partial charge in [0.15, 0.2) is 6.10 Å². The van der Waals surface area contributed by atoms with Crippen molar-refractivity contribution in [1.82, 2.24) is 25.5 Å². The van der Waals surface area contributed by atoms with Crippen LogP contribution in [0, 0.1) is 6.92 Å². The van der Waals surface area contributed by atoms with E-state index in [1.165, 1.54) is 6.07 Å². The molecule has 12 heteroatoms. The van der Waals surface area contributed by atoms with Crippen LogP contribution in [0.2, 0.25) is 0 Å². The van der Waals surface area contributed by atoms with Crippen molar-refractivity contribution in [3.63, 3.8) is 0 Å². The monoisotopic (exact) mass is 512 g/mol. The number of carboxylic acids is 1. The molecule has 4 heterocycles. The number of imidazole rings is 1. The Morgan fingerprint density at radius 1 is 1.19 bits per heavy atom. The number of aliphatic carboxylic acids is 1. The van der Waals surface area contributed by atoms with E-state index in [1.54, 1.807) is 35.5 Å². The van der Waals surface area contributed by atoms with Gasteiger partial charge in [0, 0.05) is 53.9 Å². The zero-order chi connectivity index (χ0) is 25.2. The van der Waals surface area contributed by atoms with Crippen molar-refractivity contribution in [3.05, 3.63) is 71.9 Å². The van der Waals surface area contributed by atoms with E-state index >= 15 is 0 Å². The van der Waals surface area contributed by atoms with E-state index in [4.69, 9.17) is 9.47 Å². The van der Waals surface area contributed by atoms with E-state index in [0.29, 0.717) is 24.5 Å². The number of hydrogen-bond donors (Lipinski definition) is 2. The standard InChI is InChI=1S/C25H23F2N5O4.H3N/c1-15-19(10-16-4-2-3-5-20(16)36-24(26)27)32-13-17(6-7-22(32)30-15)18-11-28-25(29-12-18)31-8-9-35-21(14-31)23(33)34;/h2-7,11-13,21,24H,8-10,14H2,1H3,(H,33,34);1H3/t21-;/m1./s1. The van der Waals surface area contributed by atoms with Crippen molar-refractivity contribution >= 4 is 17.6 Å². The quantitative estimate of drug-likeness (QED) is 0.379. The number of rotatable bonds is 7. The normalized spacial score (nSPS) is 15.6. The van der Waals surface area contributed by atoms with Gasteiger partial charge in [-0.05, 0) is 25.1 Å². The van der Waals surface area contributed by atoms with Crippen LogP contribution in [0.25, 0.3) is 16.8 Å². The van der Waals surface area contributed by atoms with Crippen LogP contribution >= 0.6 is 0 Å². The predicted molar refractivity (Wildman–Crippen MR) is 131 cm³/mol. The first-order valence-corrected chi connectivity index (χ1v) is 11.3. The van der Waals surface area contributed by atoms with Gasteiger partial charge < -0.3 is 30.0 Å². The summed E-state index contributed by atoms with van der Waals surface area (Å²) >= 11 is 0. The molecule has 0 radical (unpaired) electrons. The highest BCUT2D eigenvalue weighted by Gasteiger charge is 2.27. The summed E-state index contributed by atoms with van der Waals surface area (Å²) in [6, 6.07) is 10.5. The minimum atomic E-state index is -2.91. The number of fused-ring (bicyclic) bond motifs is 1. The second-order valence-electron chi connectivity index (χ2n) is 8.37. The highest BCUT2D eigenvalue weighted by atomic mass is 19.3. The van der Waals surface area contributed by atoms with Crippen molar-refractivity contribution in [3.8, 4) is 16.9 Å². The molecule has 0 bridgehead atoms. The van der Waals surface area contributed by atoms with Crippen LogP contribution in [0.5, 0.6) is 5.75 Å². The molecule has 5 rings (SSSR count). The van der Waals surface area contributed by atoms with Crippen molar-refractivity contribution in [1.29, 1.82) is 0 Å². The van der Waals surface area contributed by atoms with Crippen LogP contribution in [-0.4, -0.2) is 62.8 Å². The number of nitrogens with zero attached hydrogens (tertiary/aromatic N) is 5. The first-order chi connectivity index (χ1) is 17.4. The van der Waals surface area contributed by atoms with Crippen molar-refractivity contribution in [2.45, 2.75) is 26.1 Å². The molecular weight excluding hydrogens is 486 g/mol. The Balaban J connectivity index is 0.00000320. The van der Waals surface area contributed by atoms with Crippen molar-refractivity contribution in [2.24, 2.45) is 0 Å². The Morgan fingerprint density at radius 3 is 2.68 bits per heavy atom. The number of morpholine rings is 1. The van der Waals surface area contributed by atoms with Crippen LogP contribution in [0.15, 0.2) is 55.0 Å². The minimum absolute atomic E-state index is 0. The molecule has 1 aliphatic rings. The van der Waals surface area contributed by atoms with Crippen LogP contribution < -0.4 is 15.8 Å². The fourth-order valence-electron chi connectivity index (χ4n) is 4.25. The summed E-state index contributed by atoms with van der Waals surface area (Å²) in [4.78, 5) is 26.5. The number of ether oxygens (including phenoxy) is 2. The summed E-state index contributed by atoms with van der Waals surface area (Å²) in [6.07, 6.45) is 4.72. The summed E-state index contributed by atoms with van der Waals surface area (Å²) < 4.78 is 37.6. The average Bonchev–Trinajstić information content (AvgIpc) is 3.19. The first-order valence-electron chi connectivity index (χ1n) is 11.3. The third-order valence-corrected chi connectivity index (χ3v) is 6.06. The van der Waals surface area contributed by atoms with E-state index < -0.39 is 18.7 Å². The van der Waals surface area contributed by atoms with E-state index in [2.05, 4.69) is 15.0 Å². The fraction of sp³-hybridized carbons (Fsp3) is 0.280. The lowest BCUT2D eigenvalue weighted by Crippen LogP contribution is -2.46. The number of aryl methyl sites for hydroxylation is 1. The lowest BCUT2D eigenvalue weighted by Gasteiger charge is -2.30. The number of aromatic nitrogens is 4. The maximum absolute atomic E-state index is 12.9. The topological polar surface area (TPSA) is 137 Å². The van der Waals surface area contributed by atoms with Gasteiger partial charge in [0.05, 0.1) is 18.8 Å². The summed E-state index contributed by atoms with van der Waals surface area (Å²) in [5.41, 5.74) is 4.60. The highest BCUT2D eigenvalue weighted by Crippen LogP contribution is 2.27. The van der Waals surface area contributed by atoms with E-state index in [0.717, 1.165) is 28.2 Å². The van der Waals surface area contributed by atoms with E-state index in [9.17, 15) is 18.7 Å². The van der Waals surface area contributed by atoms with Gasteiger partial charge in [0.2, 0.25) is 5.95 Å². The molecule has 4 aromatic rings. The molecule has 0 unspecified atom stereocenters. The third kappa shape index (κ3) is 5.49. The molecule has 194 valence electrons. The number of pyridine rings is 1. The lowest BCUT2D eigenvalue weighted by atomic mass is 10.1. The van der Waals surface area contributed by atoms with Gasteiger partial charge in [0.25, 0.3) is 0 Å². The molecule has 1 saturated heterocycles. The Hall–Kier alpha value is -4.16. The molecule has 0 spiro atoms. The van der Waals surface area contributed by atoms with Crippen LogP contribution in [0.4, 0.5) is 14.7 Å². The highest BCUT2D eigenvalue weighted by molar-refractivity contribution is 5.73. The molecule has 0 aliphatic carbocycles. The number of alkyl halides is 2. The Labute approximate surface area is 211 Å². The number of para-hydroxylation sites is 1. The Morgan fingerprint density at radius 2 is 1.95 bits per heavy atom. The average molecular weight is 513 g/mol. The lowest BCUT2D eigenvalue weighted by molar-refractivity contribution is -0.150. The van der Waals surface area contributed by atoms with Gasteiger partial charge in [-0.2, -0.15) is 8.78 Å². The number of carbonyl (C=O) groups is 1. The molecule has 3 aromatic heterocycles. The van der Waals surface area contributed by atoms with Gasteiger partial charge >= 0.3 is 12.6 Å². The first kappa shape index (κ1) is 25.9.